The molecule has 0 aromatic carbocycles. The van der Waals surface area contributed by atoms with Gasteiger partial charge in [-0.2, -0.15) is 0 Å². The van der Waals surface area contributed by atoms with Crippen LogP contribution >= 0.6 is 0 Å². The Balaban J connectivity index is 0.00000121. The van der Waals surface area contributed by atoms with E-state index in [0.29, 0.717) is 5.92 Å². The van der Waals surface area contributed by atoms with E-state index in [4.69, 9.17) is 9.84 Å². The predicted octanol–water partition coefficient (Wildman–Crippen LogP) is -0.0530. The molecule has 0 amide bonds. The zero-order valence-electron chi connectivity index (χ0n) is 7.83. The third-order valence-electron chi connectivity index (χ3n) is 1.99. The van der Waals surface area contributed by atoms with E-state index in [2.05, 4.69) is 11.8 Å². The van der Waals surface area contributed by atoms with Crippen LogP contribution in [0.2, 0.25) is 0 Å². The van der Waals surface area contributed by atoms with Gasteiger partial charge >= 0.3 is 0 Å². The largest absolute Gasteiger partial charge is 0.396 e. The van der Waals surface area contributed by atoms with Crippen molar-refractivity contribution in [2.75, 3.05) is 39.5 Å². The number of aliphatic hydroxyl groups excluding tert-OH is 1. The number of nitrogens with zero attached hydrogens (tertiary/aromatic N) is 1. The fourth-order valence-electron chi connectivity index (χ4n) is 1.28. The number of hydrogen-bond donors (Lipinski definition) is 1. The quantitative estimate of drug-likeness (QED) is 0.687. The van der Waals surface area contributed by atoms with Crippen molar-refractivity contribution in [2.45, 2.75) is 6.92 Å². The van der Waals surface area contributed by atoms with Crippen LogP contribution in [0.4, 0.5) is 0 Å². The van der Waals surface area contributed by atoms with E-state index >= 15 is 0 Å². The molecule has 4 heteroatoms. The number of hydrogen-bond acceptors (Lipinski definition) is 3. The van der Waals surface area contributed by atoms with Gasteiger partial charge in [0, 0.05) is 26.2 Å². The molecule has 1 aliphatic rings. The fourth-order valence-corrected chi connectivity index (χ4v) is 1.28. The van der Waals surface area contributed by atoms with Crippen molar-refractivity contribution < 1.29 is 9.84 Å². The number of rotatable bonds is 3. The minimum atomic E-state index is 0. The Bertz CT molecular complexity index is 107. The van der Waals surface area contributed by atoms with Crippen molar-refractivity contribution in [1.82, 2.24) is 4.90 Å². The Morgan fingerprint density at radius 3 is 2.50 bits per heavy atom. The monoisotopic (exact) mass is 426 g/mol. The summed E-state index contributed by atoms with van der Waals surface area (Å²) in [5.74, 6) is 0.396. The first-order valence-electron chi connectivity index (χ1n) is 4.24. The van der Waals surface area contributed by atoms with Gasteiger partial charge in [-0.25, -0.2) is 0 Å². The van der Waals surface area contributed by atoms with Crippen molar-refractivity contribution in [3.8, 4) is 0 Å². The van der Waals surface area contributed by atoms with Crippen LogP contribution in [0.1, 0.15) is 6.92 Å². The molecule has 1 rings (SSSR count). The molecule has 12 heavy (non-hydrogen) atoms. The number of ether oxygens (including phenoxy) is 1. The zero-order valence-corrected chi connectivity index (χ0v) is 14.2. The normalized spacial score (nSPS) is 21.5. The summed E-state index contributed by atoms with van der Waals surface area (Å²) in [4.78, 5) is 2.34. The van der Waals surface area contributed by atoms with Crippen LogP contribution in [0.5, 0.6) is 0 Å². The van der Waals surface area contributed by atoms with Crippen molar-refractivity contribution in [1.29, 1.82) is 0 Å². The van der Waals surface area contributed by atoms with E-state index in [1.165, 1.54) is 0 Å². The van der Waals surface area contributed by atoms with E-state index in [1.807, 2.05) is 0 Å². The first kappa shape index (κ1) is 10.9. The summed E-state index contributed by atoms with van der Waals surface area (Å²) in [6.07, 6.45) is 0. The molecule has 1 saturated heterocycles. The summed E-state index contributed by atoms with van der Waals surface area (Å²) in [5.41, 5.74) is 0. The van der Waals surface area contributed by atoms with E-state index in [-0.39, 0.29) is 6.61 Å². The molecular formula is C8H17NO2Rf. The van der Waals surface area contributed by atoms with Crippen LogP contribution in [-0.2, 0) is 4.74 Å². The Kier molecular flexibility index (Phi) is 5.00. The van der Waals surface area contributed by atoms with Crippen LogP contribution in [0.25, 0.3) is 0 Å². The van der Waals surface area contributed by atoms with Gasteiger partial charge in [-0.1, -0.05) is 6.92 Å². The standard InChI is InChI=1S/C8H17NO2.Rf/c1-8(7-10)6-9-2-4-11-5-3-9;/h8,10H,2-7H2,1H3;. The molecule has 1 unspecified atom stereocenters. The molecule has 1 N–H and O–H groups in total. The average molecular weight is 426 g/mol. The smallest absolute Gasteiger partial charge is 0.0594 e. The summed E-state index contributed by atoms with van der Waals surface area (Å²) in [5, 5.41) is 8.81. The molecule has 0 aliphatic carbocycles. The van der Waals surface area contributed by atoms with Gasteiger partial charge in [0.2, 0.25) is 0 Å². The first-order chi connectivity index (χ1) is 5.33. The maximum atomic E-state index is 8.81. The topological polar surface area (TPSA) is 32.7 Å². The summed E-state index contributed by atoms with van der Waals surface area (Å²) in [7, 11) is 0. The maximum absolute atomic E-state index is 8.81. The Labute approximate surface area is 68.0 Å². The second kappa shape index (κ2) is 5.52. The zero-order chi connectivity index (χ0) is 8.10. The number of morpholine rings is 1. The van der Waals surface area contributed by atoms with Gasteiger partial charge in [0.1, 0.15) is 0 Å². The van der Waals surface area contributed by atoms with Crippen LogP contribution in [-0.4, -0.2) is 49.5 Å². The van der Waals surface area contributed by atoms with Gasteiger partial charge in [-0.3, -0.25) is 4.90 Å². The van der Waals surface area contributed by atoms with Crippen LogP contribution in [0.15, 0.2) is 0 Å². The van der Waals surface area contributed by atoms with E-state index < -0.39 is 0 Å². The van der Waals surface area contributed by atoms with Crippen molar-refractivity contribution in [2.24, 2.45) is 5.92 Å². The molecule has 0 radical (unpaired) electrons. The molecule has 0 spiro atoms. The van der Waals surface area contributed by atoms with Gasteiger partial charge < -0.3 is 9.84 Å². The predicted molar refractivity (Wildman–Crippen MR) is 43.5 cm³/mol. The van der Waals surface area contributed by atoms with Crippen LogP contribution in [0.3, 0.4) is 0 Å². The Hall–Kier alpha value is -1.12. The average Bonchev–Trinajstić information content (AvgIpc) is 2.06. The molecule has 1 atom stereocenters. The Morgan fingerprint density at radius 2 is 2.00 bits per heavy atom. The molecule has 0 aromatic heterocycles. The second-order valence-corrected chi connectivity index (χ2v) is 3.20. The van der Waals surface area contributed by atoms with Gasteiger partial charge in [-0.15, -0.1) is 0 Å². The van der Waals surface area contributed by atoms with Gasteiger partial charge in [0.05, 0.1) is 13.2 Å². The number of aliphatic hydroxyl groups is 1. The third kappa shape index (κ3) is 3.32. The molecule has 3 nitrogen and oxygen atoms in total. The van der Waals surface area contributed by atoms with E-state index in [1.54, 1.807) is 0 Å². The Morgan fingerprint density at radius 1 is 1.42 bits per heavy atom. The fraction of sp³-hybridized carbons (Fsp3) is 1.00. The molecule has 68 valence electrons. The molecular weight excluding hydrogens is 409 g/mol. The molecule has 0 saturated carbocycles. The molecule has 1 heterocycles. The van der Waals surface area contributed by atoms with Crippen molar-refractivity contribution >= 4 is 0 Å². The molecule has 0 bridgehead atoms. The van der Waals surface area contributed by atoms with Crippen LogP contribution in [0, 0.1) is 5.92 Å². The SMILES string of the molecule is CC(CO)CN1CCOCC1.[Rf]. The summed E-state index contributed by atoms with van der Waals surface area (Å²) >= 11 is 0. The minimum Gasteiger partial charge on any atom is -0.396 e. The van der Waals surface area contributed by atoms with E-state index in [9.17, 15) is 0 Å². The molecule has 1 fully saturated rings. The van der Waals surface area contributed by atoms with E-state index in [0.717, 1.165) is 32.8 Å². The molecule has 0 aromatic rings. The minimum absolute atomic E-state index is 0. The molecule has 1 aliphatic heterocycles. The summed E-state index contributed by atoms with van der Waals surface area (Å²) < 4.78 is 5.21. The third-order valence-corrected chi connectivity index (χ3v) is 1.99. The van der Waals surface area contributed by atoms with Gasteiger partial charge in [0.15, 0.2) is 0 Å². The second-order valence-electron chi connectivity index (χ2n) is 3.20. The van der Waals surface area contributed by atoms with Gasteiger partial charge in [0.25, 0.3) is 0 Å². The van der Waals surface area contributed by atoms with Crippen LogP contribution < -0.4 is 0 Å². The summed E-state index contributed by atoms with van der Waals surface area (Å²) in [6.45, 7) is 7.08. The first-order valence-corrected chi connectivity index (χ1v) is 4.24. The maximum Gasteiger partial charge on any atom is 0.0594 e. The van der Waals surface area contributed by atoms with Crippen molar-refractivity contribution in [3.63, 3.8) is 0 Å². The van der Waals surface area contributed by atoms with Crippen molar-refractivity contribution in [3.05, 3.63) is 0 Å². The summed E-state index contributed by atoms with van der Waals surface area (Å²) in [6, 6.07) is 0. The van der Waals surface area contributed by atoms with Gasteiger partial charge in [-0.05, 0) is 5.92 Å².